The van der Waals surface area contributed by atoms with Crippen LogP contribution in [0.4, 0.5) is 0 Å². The highest BCUT2D eigenvalue weighted by Crippen LogP contribution is 2.22. The molecule has 0 saturated heterocycles. The number of nitrogens with one attached hydrogen (secondary N) is 1. The number of aromatic nitrogens is 1. The van der Waals surface area contributed by atoms with E-state index >= 15 is 0 Å². The van der Waals surface area contributed by atoms with Crippen molar-refractivity contribution in [3.63, 3.8) is 0 Å². The predicted octanol–water partition coefficient (Wildman–Crippen LogP) is 3.74. The van der Waals surface area contributed by atoms with Gasteiger partial charge in [-0.1, -0.05) is 25.0 Å². The van der Waals surface area contributed by atoms with Gasteiger partial charge in [0.15, 0.2) is 0 Å². The average Bonchev–Trinajstić information content (AvgIpc) is 2.45. The van der Waals surface area contributed by atoms with Crippen LogP contribution in [0.5, 0.6) is 0 Å². The minimum atomic E-state index is 1.16. The summed E-state index contributed by atoms with van der Waals surface area (Å²) in [7, 11) is 0. The van der Waals surface area contributed by atoms with Crippen LogP contribution < -0.4 is 0 Å². The van der Waals surface area contributed by atoms with Crippen molar-refractivity contribution < 1.29 is 0 Å². The zero-order valence-electron chi connectivity index (χ0n) is 9.15. The van der Waals surface area contributed by atoms with Gasteiger partial charge in [-0.25, -0.2) is 0 Å². The number of hydrogen-bond acceptors (Lipinski definition) is 0. The Morgan fingerprint density at radius 1 is 1.14 bits per heavy atom. The monoisotopic (exact) mass is 187 g/mol. The van der Waals surface area contributed by atoms with E-state index < -0.39 is 0 Å². The molecular formula is C13H17N. The van der Waals surface area contributed by atoms with Crippen molar-refractivity contribution in [2.75, 3.05) is 0 Å². The Balaban J connectivity index is 2.66. The highest BCUT2D eigenvalue weighted by molar-refractivity contribution is 5.84. The third kappa shape index (κ3) is 1.54. The van der Waals surface area contributed by atoms with Crippen molar-refractivity contribution in [2.45, 2.75) is 33.6 Å². The van der Waals surface area contributed by atoms with Crippen molar-refractivity contribution in [1.29, 1.82) is 0 Å². The van der Waals surface area contributed by atoms with Crippen molar-refractivity contribution in [3.8, 4) is 0 Å². The van der Waals surface area contributed by atoms with E-state index in [0.717, 1.165) is 6.42 Å². The van der Waals surface area contributed by atoms with Crippen LogP contribution in [0.1, 0.15) is 30.2 Å². The molecular weight excluding hydrogens is 170 g/mol. The summed E-state index contributed by atoms with van der Waals surface area (Å²) >= 11 is 0. The van der Waals surface area contributed by atoms with Gasteiger partial charge in [-0.15, -0.1) is 0 Å². The Bertz CT molecular complexity index is 451. The van der Waals surface area contributed by atoms with E-state index in [9.17, 15) is 0 Å². The maximum absolute atomic E-state index is 3.44. The Morgan fingerprint density at radius 2 is 1.93 bits per heavy atom. The van der Waals surface area contributed by atoms with Crippen molar-refractivity contribution in [1.82, 2.24) is 4.98 Å². The first-order valence-electron chi connectivity index (χ1n) is 5.29. The standard InChI is InChI=1S/C13H17N/c1-4-5-11-6-9(2)7-12-8-10(3)14-13(11)12/h6-8,14H,4-5H2,1-3H3. The third-order valence-electron chi connectivity index (χ3n) is 2.61. The molecule has 2 aromatic rings. The van der Waals surface area contributed by atoms with Crippen LogP contribution in [0.2, 0.25) is 0 Å². The Kier molecular flexibility index (Phi) is 2.32. The lowest BCUT2D eigenvalue weighted by molar-refractivity contribution is 0.925. The summed E-state index contributed by atoms with van der Waals surface area (Å²) in [4.78, 5) is 3.44. The predicted molar refractivity (Wildman–Crippen MR) is 61.8 cm³/mol. The smallest absolute Gasteiger partial charge is 0.0488 e. The molecule has 1 aromatic heterocycles. The van der Waals surface area contributed by atoms with Crippen LogP contribution in [0, 0.1) is 13.8 Å². The van der Waals surface area contributed by atoms with E-state index in [1.807, 2.05) is 0 Å². The first kappa shape index (κ1) is 9.32. The molecule has 1 nitrogen and oxygen atoms in total. The molecule has 1 N–H and O–H groups in total. The summed E-state index contributed by atoms with van der Waals surface area (Å²) in [5, 5.41) is 1.35. The van der Waals surface area contributed by atoms with E-state index in [-0.39, 0.29) is 0 Å². The molecule has 2 rings (SSSR count). The summed E-state index contributed by atoms with van der Waals surface area (Å²) < 4.78 is 0. The summed E-state index contributed by atoms with van der Waals surface area (Å²) in [5.74, 6) is 0. The fraction of sp³-hybridized carbons (Fsp3) is 0.385. The molecule has 0 amide bonds. The summed E-state index contributed by atoms with van der Waals surface area (Å²) in [6.07, 6.45) is 2.37. The fourth-order valence-electron chi connectivity index (χ4n) is 2.09. The van der Waals surface area contributed by atoms with E-state index in [0.29, 0.717) is 0 Å². The zero-order chi connectivity index (χ0) is 10.1. The number of rotatable bonds is 2. The lowest BCUT2D eigenvalue weighted by Crippen LogP contribution is -1.87. The van der Waals surface area contributed by atoms with E-state index in [2.05, 4.69) is 44.0 Å². The SMILES string of the molecule is CCCc1cc(C)cc2cc(C)[nH]c12. The van der Waals surface area contributed by atoms with E-state index in [1.165, 1.54) is 34.1 Å². The topological polar surface area (TPSA) is 15.8 Å². The maximum atomic E-state index is 3.44. The van der Waals surface area contributed by atoms with Crippen molar-refractivity contribution >= 4 is 10.9 Å². The van der Waals surface area contributed by atoms with Gasteiger partial charge < -0.3 is 4.98 Å². The van der Waals surface area contributed by atoms with Gasteiger partial charge in [0.2, 0.25) is 0 Å². The summed E-state index contributed by atoms with van der Waals surface area (Å²) in [6, 6.07) is 6.77. The molecule has 0 aliphatic carbocycles. The zero-order valence-corrected chi connectivity index (χ0v) is 9.15. The van der Waals surface area contributed by atoms with Gasteiger partial charge in [-0.05, 0) is 38.0 Å². The minimum Gasteiger partial charge on any atom is -0.358 e. The second-order valence-electron chi connectivity index (χ2n) is 4.09. The third-order valence-corrected chi connectivity index (χ3v) is 2.61. The quantitative estimate of drug-likeness (QED) is 0.737. The van der Waals surface area contributed by atoms with Gasteiger partial charge in [0, 0.05) is 16.6 Å². The molecule has 1 heterocycles. The average molecular weight is 187 g/mol. The highest BCUT2D eigenvalue weighted by atomic mass is 14.7. The van der Waals surface area contributed by atoms with Gasteiger partial charge >= 0.3 is 0 Å². The van der Waals surface area contributed by atoms with Gasteiger partial charge in [0.1, 0.15) is 0 Å². The Hall–Kier alpha value is -1.24. The van der Waals surface area contributed by atoms with Gasteiger partial charge in [0.25, 0.3) is 0 Å². The number of H-pyrrole nitrogens is 1. The molecule has 1 aromatic carbocycles. The first-order valence-corrected chi connectivity index (χ1v) is 5.29. The fourth-order valence-corrected chi connectivity index (χ4v) is 2.09. The van der Waals surface area contributed by atoms with Crippen molar-refractivity contribution in [3.05, 3.63) is 35.0 Å². The number of benzene rings is 1. The van der Waals surface area contributed by atoms with Crippen LogP contribution in [-0.4, -0.2) is 4.98 Å². The normalized spacial score (nSPS) is 11.1. The largest absolute Gasteiger partial charge is 0.358 e. The molecule has 74 valence electrons. The Morgan fingerprint density at radius 3 is 2.64 bits per heavy atom. The minimum absolute atomic E-state index is 1.16. The molecule has 0 fully saturated rings. The second kappa shape index (κ2) is 3.49. The highest BCUT2D eigenvalue weighted by Gasteiger charge is 2.04. The number of hydrogen-bond donors (Lipinski definition) is 1. The molecule has 0 saturated carbocycles. The van der Waals surface area contributed by atoms with Crippen molar-refractivity contribution in [2.24, 2.45) is 0 Å². The molecule has 0 aliphatic rings. The van der Waals surface area contributed by atoms with Crippen LogP contribution in [0.3, 0.4) is 0 Å². The number of aryl methyl sites for hydroxylation is 3. The summed E-state index contributed by atoms with van der Waals surface area (Å²) in [5.41, 5.74) is 5.40. The number of fused-ring (bicyclic) bond motifs is 1. The molecule has 0 spiro atoms. The van der Waals surface area contributed by atoms with Crippen LogP contribution in [-0.2, 0) is 6.42 Å². The molecule has 0 unspecified atom stereocenters. The Labute approximate surface area is 85.1 Å². The van der Waals surface area contributed by atoms with Crippen LogP contribution >= 0.6 is 0 Å². The molecule has 0 radical (unpaired) electrons. The van der Waals surface area contributed by atoms with Gasteiger partial charge in [0.05, 0.1) is 0 Å². The van der Waals surface area contributed by atoms with Crippen LogP contribution in [0.25, 0.3) is 10.9 Å². The van der Waals surface area contributed by atoms with Gasteiger partial charge in [-0.2, -0.15) is 0 Å². The molecule has 0 bridgehead atoms. The van der Waals surface area contributed by atoms with Gasteiger partial charge in [-0.3, -0.25) is 0 Å². The molecule has 0 atom stereocenters. The van der Waals surface area contributed by atoms with E-state index in [4.69, 9.17) is 0 Å². The number of aromatic amines is 1. The lowest BCUT2D eigenvalue weighted by Gasteiger charge is -2.03. The first-order chi connectivity index (χ1) is 6.70. The lowest BCUT2D eigenvalue weighted by atomic mass is 10.0. The van der Waals surface area contributed by atoms with E-state index in [1.54, 1.807) is 0 Å². The molecule has 0 aliphatic heterocycles. The summed E-state index contributed by atoms with van der Waals surface area (Å²) in [6.45, 7) is 6.51. The maximum Gasteiger partial charge on any atom is 0.0488 e. The molecule has 14 heavy (non-hydrogen) atoms. The van der Waals surface area contributed by atoms with Crippen LogP contribution in [0.15, 0.2) is 18.2 Å². The molecule has 1 heteroatoms. The second-order valence-corrected chi connectivity index (χ2v) is 4.09.